The summed E-state index contributed by atoms with van der Waals surface area (Å²) >= 11 is 6.03. The van der Waals surface area contributed by atoms with Crippen LogP contribution in [0.4, 0.5) is 0 Å². The summed E-state index contributed by atoms with van der Waals surface area (Å²) in [5.74, 6) is 0.576. The van der Waals surface area contributed by atoms with Crippen molar-refractivity contribution in [2.24, 2.45) is 0 Å². The van der Waals surface area contributed by atoms with Gasteiger partial charge in [0.1, 0.15) is 11.1 Å². The van der Waals surface area contributed by atoms with E-state index < -0.39 is 0 Å². The number of ether oxygens (including phenoxy) is 1. The zero-order valence-electron chi connectivity index (χ0n) is 9.08. The zero-order chi connectivity index (χ0) is 11.0. The van der Waals surface area contributed by atoms with E-state index in [1.807, 2.05) is 12.1 Å². The fourth-order valence-corrected chi connectivity index (χ4v) is 2.52. The molecule has 86 valence electrons. The smallest absolute Gasteiger partial charge is 0.232 e. The van der Waals surface area contributed by atoms with E-state index in [9.17, 15) is 0 Å². The molecule has 0 bridgehead atoms. The van der Waals surface area contributed by atoms with Gasteiger partial charge in [0.15, 0.2) is 0 Å². The van der Waals surface area contributed by atoms with Crippen molar-refractivity contribution >= 4 is 11.6 Å². The standard InChI is InChI=1S/C12H15ClN2O/c13-10-2-1-6-14-11(10)16-9-3-7-15-12(8-9)4-5-12/h1-2,6,9,15H,3-5,7-8H2. The lowest BCUT2D eigenvalue weighted by molar-refractivity contribution is 0.128. The molecule has 4 heteroatoms. The van der Waals surface area contributed by atoms with Crippen LogP contribution in [0.25, 0.3) is 0 Å². The molecule has 2 heterocycles. The Morgan fingerprint density at radius 1 is 1.50 bits per heavy atom. The average molecular weight is 239 g/mol. The van der Waals surface area contributed by atoms with Gasteiger partial charge < -0.3 is 10.1 Å². The maximum atomic E-state index is 6.03. The molecule has 0 radical (unpaired) electrons. The van der Waals surface area contributed by atoms with Crippen LogP contribution < -0.4 is 10.1 Å². The Hall–Kier alpha value is -0.800. The van der Waals surface area contributed by atoms with Crippen LogP contribution >= 0.6 is 11.6 Å². The number of nitrogens with one attached hydrogen (secondary N) is 1. The van der Waals surface area contributed by atoms with Crippen molar-refractivity contribution in [1.82, 2.24) is 10.3 Å². The number of pyridine rings is 1. The molecule has 0 aromatic carbocycles. The first-order chi connectivity index (χ1) is 7.77. The Morgan fingerprint density at radius 3 is 3.12 bits per heavy atom. The van der Waals surface area contributed by atoms with Crippen molar-refractivity contribution in [2.75, 3.05) is 6.54 Å². The highest BCUT2D eigenvalue weighted by atomic mass is 35.5. The second-order valence-electron chi connectivity index (χ2n) is 4.73. The van der Waals surface area contributed by atoms with Gasteiger partial charge in [-0.15, -0.1) is 0 Å². The van der Waals surface area contributed by atoms with Gasteiger partial charge in [0.2, 0.25) is 5.88 Å². The molecule has 2 fully saturated rings. The van der Waals surface area contributed by atoms with Gasteiger partial charge in [-0.1, -0.05) is 11.6 Å². The first-order valence-corrected chi connectivity index (χ1v) is 6.17. The van der Waals surface area contributed by atoms with E-state index in [-0.39, 0.29) is 6.10 Å². The molecule has 1 N–H and O–H groups in total. The van der Waals surface area contributed by atoms with E-state index >= 15 is 0 Å². The zero-order valence-corrected chi connectivity index (χ0v) is 9.83. The molecule has 1 aliphatic carbocycles. The van der Waals surface area contributed by atoms with E-state index in [4.69, 9.17) is 16.3 Å². The number of hydrogen-bond donors (Lipinski definition) is 1. The Kier molecular flexibility index (Phi) is 2.52. The molecule has 1 aliphatic heterocycles. The lowest BCUT2D eigenvalue weighted by atomic mass is 10.00. The second kappa shape index (κ2) is 3.90. The van der Waals surface area contributed by atoms with Crippen LogP contribution in [-0.4, -0.2) is 23.2 Å². The molecule has 1 unspecified atom stereocenters. The highest BCUT2D eigenvalue weighted by Gasteiger charge is 2.46. The van der Waals surface area contributed by atoms with Gasteiger partial charge >= 0.3 is 0 Å². The summed E-state index contributed by atoms with van der Waals surface area (Å²) in [5.41, 5.74) is 0.379. The summed E-state index contributed by atoms with van der Waals surface area (Å²) < 4.78 is 5.88. The molecule has 1 atom stereocenters. The number of piperidine rings is 1. The van der Waals surface area contributed by atoms with Crippen LogP contribution in [0, 0.1) is 0 Å². The minimum Gasteiger partial charge on any atom is -0.473 e. The molecule has 3 nitrogen and oxygen atoms in total. The van der Waals surface area contributed by atoms with E-state index in [1.54, 1.807) is 6.20 Å². The summed E-state index contributed by atoms with van der Waals surface area (Å²) in [7, 11) is 0. The van der Waals surface area contributed by atoms with Gasteiger partial charge in [0, 0.05) is 18.2 Å². The summed E-state index contributed by atoms with van der Waals surface area (Å²) in [6.07, 6.45) is 6.66. The Balaban J connectivity index is 1.68. The fraction of sp³-hybridized carbons (Fsp3) is 0.583. The predicted molar refractivity (Wildman–Crippen MR) is 62.9 cm³/mol. The average Bonchev–Trinajstić information content (AvgIpc) is 3.01. The van der Waals surface area contributed by atoms with Crippen LogP contribution in [-0.2, 0) is 0 Å². The lowest BCUT2D eigenvalue weighted by Gasteiger charge is -2.30. The predicted octanol–water partition coefficient (Wildman–Crippen LogP) is 2.40. The molecular weight excluding hydrogens is 224 g/mol. The second-order valence-corrected chi connectivity index (χ2v) is 5.14. The van der Waals surface area contributed by atoms with Crippen LogP contribution in [0.5, 0.6) is 5.88 Å². The lowest BCUT2D eigenvalue weighted by Crippen LogP contribution is -2.44. The fourth-order valence-electron chi connectivity index (χ4n) is 2.36. The first-order valence-electron chi connectivity index (χ1n) is 5.80. The molecule has 0 amide bonds. The van der Waals surface area contributed by atoms with Crippen molar-refractivity contribution < 1.29 is 4.74 Å². The molecule has 1 saturated carbocycles. The number of nitrogens with zero attached hydrogens (tertiary/aromatic N) is 1. The van der Waals surface area contributed by atoms with Crippen molar-refractivity contribution in [2.45, 2.75) is 37.3 Å². The highest BCUT2D eigenvalue weighted by Crippen LogP contribution is 2.42. The Bertz CT molecular complexity index is 392. The molecule has 16 heavy (non-hydrogen) atoms. The van der Waals surface area contributed by atoms with Gasteiger partial charge in [-0.25, -0.2) is 4.98 Å². The number of hydrogen-bond acceptors (Lipinski definition) is 3. The van der Waals surface area contributed by atoms with E-state index in [0.29, 0.717) is 16.4 Å². The maximum Gasteiger partial charge on any atom is 0.232 e. The van der Waals surface area contributed by atoms with Gasteiger partial charge in [-0.05, 0) is 37.9 Å². The summed E-state index contributed by atoms with van der Waals surface area (Å²) in [4.78, 5) is 4.17. The Morgan fingerprint density at radius 2 is 2.38 bits per heavy atom. The van der Waals surface area contributed by atoms with Gasteiger partial charge in [0.25, 0.3) is 0 Å². The SMILES string of the molecule is Clc1cccnc1OC1CCNC2(CC2)C1. The normalized spacial score (nSPS) is 26.7. The highest BCUT2D eigenvalue weighted by molar-refractivity contribution is 6.31. The van der Waals surface area contributed by atoms with E-state index in [1.165, 1.54) is 12.8 Å². The van der Waals surface area contributed by atoms with Crippen molar-refractivity contribution in [1.29, 1.82) is 0 Å². The largest absolute Gasteiger partial charge is 0.473 e. The van der Waals surface area contributed by atoms with Crippen LogP contribution in [0.2, 0.25) is 5.02 Å². The first kappa shape index (κ1) is 10.4. The van der Waals surface area contributed by atoms with Crippen molar-refractivity contribution in [3.05, 3.63) is 23.4 Å². The minimum absolute atomic E-state index is 0.260. The molecule has 1 saturated heterocycles. The number of halogens is 1. The molecule has 1 spiro atoms. The minimum atomic E-state index is 0.260. The van der Waals surface area contributed by atoms with Crippen LogP contribution in [0.15, 0.2) is 18.3 Å². The van der Waals surface area contributed by atoms with E-state index in [2.05, 4.69) is 10.3 Å². The summed E-state index contributed by atoms with van der Waals surface area (Å²) in [6.45, 7) is 1.04. The van der Waals surface area contributed by atoms with Crippen molar-refractivity contribution in [3.63, 3.8) is 0 Å². The topological polar surface area (TPSA) is 34.1 Å². The van der Waals surface area contributed by atoms with Crippen LogP contribution in [0.1, 0.15) is 25.7 Å². The van der Waals surface area contributed by atoms with Gasteiger partial charge in [-0.3, -0.25) is 0 Å². The summed E-state index contributed by atoms with van der Waals surface area (Å²) in [5, 5.41) is 4.17. The third kappa shape index (κ3) is 2.02. The van der Waals surface area contributed by atoms with Gasteiger partial charge in [-0.2, -0.15) is 0 Å². The quantitative estimate of drug-likeness (QED) is 0.859. The molecule has 1 aromatic rings. The number of rotatable bonds is 2. The molecular formula is C12H15ClN2O. The monoisotopic (exact) mass is 238 g/mol. The molecule has 2 aliphatic rings. The Labute approximate surface area is 100 Å². The summed E-state index contributed by atoms with van der Waals surface area (Å²) in [6, 6.07) is 3.64. The number of aromatic nitrogens is 1. The van der Waals surface area contributed by atoms with E-state index in [0.717, 1.165) is 19.4 Å². The third-order valence-electron chi connectivity index (χ3n) is 3.44. The third-order valence-corrected chi connectivity index (χ3v) is 3.73. The van der Waals surface area contributed by atoms with Crippen molar-refractivity contribution in [3.8, 4) is 5.88 Å². The molecule has 3 rings (SSSR count). The maximum absolute atomic E-state index is 6.03. The molecule has 1 aromatic heterocycles. The van der Waals surface area contributed by atoms with Gasteiger partial charge in [0.05, 0.1) is 0 Å². The van der Waals surface area contributed by atoms with Crippen LogP contribution in [0.3, 0.4) is 0 Å².